The van der Waals surface area contributed by atoms with E-state index in [1.807, 2.05) is 0 Å². The molecule has 0 spiro atoms. The number of benzene rings is 2. The standard InChI is InChI=1S/C18H17ClN2O4/c1-24-15-9-13(18(20)23)14(10-16(15)25-2)21-17(22)8-5-11-3-6-12(19)7-4-11/h3-10H,1-2H3,(H2,20,23)(H,21,22)/b8-5+. The molecule has 0 aliphatic rings. The maximum atomic E-state index is 12.1. The number of carbonyl (C=O) groups excluding carboxylic acids is 2. The zero-order valence-electron chi connectivity index (χ0n) is 13.7. The number of methoxy groups -OCH3 is 2. The summed E-state index contributed by atoms with van der Waals surface area (Å²) < 4.78 is 10.3. The summed E-state index contributed by atoms with van der Waals surface area (Å²) in [5.74, 6) is -0.418. The van der Waals surface area contributed by atoms with Crippen LogP contribution in [0.25, 0.3) is 6.08 Å². The van der Waals surface area contributed by atoms with E-state index in [2.05, 4.69) is 5.32 Å². The van der Waals surface area contributed by atoms with Gasteiger partial charge in [-0.25, -0.2) is 0 Å². The van der Waals surface area contributed by atoms with Gasteiger partial charge in [-0.15, -0.1) is 0 Å². The van der Waals surface area contributed by atoms with E-state index in [9.17, 15) is 9.59 Å². The SMILES string of the molecule is COc1cc(NC(=O)/C=C/c2ccc(Cl)cc2)c(C(N)=O)cc1OC. The Bertz CT molecular complexity index is 817. The number of ether oxygens (including phenoxy) is 2. The largest absolute Gasteiger partial charge is 0.493 e. The average molecular weight is 361 g/mol. The first-order valence-electron chi connectivity index (χ1n) is 7.25. The Labute approximate surface area is 150 Å². The molecule has 0 aliphatic carbocycles. The third kappa shape index (κ3) is 4.74. The highest BCUT2D eigenvalue weighted by atomic mass is 35.5. The highest BCUT2D eigenvalue weighted by molar-refractivity contribution is 6.30. The number of nitrogens with two attached hydrogens (primary N) is 1. The molecule has 3 N–H and O–H groups in total. The predicted molar refractivity (Wildman–Crippen MR) is 97.2 cm³/mol. The Balaban J connectivity index is 2.24. The summed E-state index contributed by atoms with van der Waals surface area (Å²) >= 11 is 5.81. The lowest BCUT2D eigenvalue weighted by Crippen LogP contribution is -2.17. The fourth-order valence-corrected chi connectivity index (χ4v) is 2.23. The fourth-order valence-electron chi connectivity index (χ4n) is 2.11. The van der Waals surface area contributed by atoms with Crippen molar-refractivity contribution in [2.24, 2.45) is 5.73 Å². The summed E-state index contributed by atoms with van der Waals surface area (Å²) in [6.07, 6.45) is 2.96. The molecule has 2 aromatic carbocycles. The molecule has 0 atom stereocenters. The second kappa shape index (κ2) is 8.21. The summed E-state index contributed by atoms with van der Waals surface area (Å²) in [6, 6.07) is 9.89. The number of rotatable bonds is 6. The van der Waals surface area contributed by atoms with Crippen LogP contribution in [-0.2, 0) is 4.79 Å². The highest BCUT2D eigenvalue weighted by Crippen LogP contribution is 2.33. The zero-order chi connectivity index (χ0) is 18.4. The van der Waals surface area contributed by atoms with E-state index >= 15 is 0 Å². The summed E-state index contributed by atoms with van der Waals surface area (Å²) in [5.41, 5.74) is 6.52. The molecular formula is C18H17ClN2O4. The van der Waals surface area contributed by atoms with Crippen LogP contribution < -0.4 is 20.5 Å². The highest BCUT2D eigenvalue weighted by Gasteiger charge is 2.16. The smallest absolute Gasteiger partial charge is 0.250 e. The molecule has 0 aromatic heterocycles. The molecule has 7 heteroatoms. The van der Waals surface area contributed by atoms with Crippen molar-refractivity contribution in [1.29, 1.82) is 0 Å². The van der Waals surface area contributed by atoms with Crippen LogP contribution in [0.15, 0.2) is 42.5 Å². The van der Waals surface area contributed by atoms with Gasteiger partial charge in [0.15, 0.2) is 11.5 Å². The molecule has 0 radical (unpaired) electrons. The Hall–Kier alpha value is -2.99. The maximum absolute atomic E-state index is 12.1. The van der Waals surface area contributed by atoms with E-state index in [-0.39, 0.29) is 11.3 Å². The number of nitrogens with one attached hydrogen (secondary N) is 1. The Kier molecular flexibility index (Phi) is 6.03. The molecule has 2 aromatic rings. The molecule has 0 bridgehead atoms. The lowest BCUT2D eigenvalue weighted by atomic mass is 10.1. The summed E-state index contributed by atoms with van der Waals surface area (Å²) in [4.78, 5) is 23.8. The molecule has 2 amide bonds. The number of carbonyl (C=O) groups is 2. The molecule has 0 heterocycles. The normalized spacial score (nSPS) is 10.5. The molecule has 6 nitrogen and oxygen atoms in total. The number of amides is 2. The zero-order valence-corrected chi connectivity index (χ0v) is 14.5. The van der Waals surface area contributed by atoms with Crippen LogP contribution in [0.5, 0.6) is 11.5 Å². The first-order chi connectivity index (χ1) is 11.9. The van der Waals surface area contributed by atoms with Crippen molar-refractivity contribution < 1.29 is 19.1 Å². The summed E-state index contributed by atoms with van der Waals surface area (Å²) in [6.45, 7) is 0. The first-order valence-corrected chi connectivity index (χ1v) is 7.63. The van der Waals surface area contributed by atoms with Crippen LogP contribution >= 0.6 is 11.6 Å². The lowest BCUT2D eigenvalue weighted by molar-refractivity contribution is -0.111. The van der Waals surface area contributed by atoms with Gasteiger partial charge in [0.25, 0.3) is 5.91 Å². The van der Waals surface area contributed by atoms with Crippen LogP contribution in [0.3, 0.4) is 0 Å². The van der Waals surface area contributed by atoms with Crippen LogP contribution in [0.2, 0.25) is 5.02 Å². The Morgan fingerprint density at radius 2 is 1.68 bits per heavy atom. The monoisotopic (exact) mass is 360 g/mol. The second-order valence-corrected chi connectivity index (χ2v) is 5.43. The molecule has 25 heavy (non-hydrogen) atoms. The summed E-state index contributed by atoms with van der Waals surface area (Å²) in [5, 5.41) is 3.22. The van der Waals surface area contributed by atoms with Gasteiger partial charge in [0, 0.05) is 17.2 Å². The van der Waals surface area contributed by atoms with Gasteiger partial charge in [-0.05, 0) is 29.8 Å². The van der Waals surface area contributed by atoms with Crippen LogP contribution in [0.4, 0.5) is 5.69 Å². The Morgan fingerprint density at radius 3 is 2.24 bits per heavy atom. The van der Waals surface area contributed by atoms with E-state index in [0.29, 0.717) is 16.5 Å². The van der Waals surface area contributed by atoms with Crippen molar-refractivity contribution in [1.82, 2.24) is 0 Å². The molecule has 0 unspecified atom stereocenters. The second-order valence-electron chi connectivity index (χ2n) is 4.99. The maximum Gasteiger partial charge on any atom is 0.250 e. The van der Waals surface area contributed by atoms with Crippen LogP contribution in [0, 0.1) is 0 Å². The number of primary amides is 1. The van der Waals surface area contributed by atoms with Crippen LogP contribution in [-0.4, -0.2) is 26.0 Å². The third-order valence-corrected chi connectivity index (χ3v) is 3.60. The van der Waals surface area contributed by atoms with E-state index in [0.717, 1.165) is 5.56 Å². The molecule has 0 saturated carbocycles. The van der Waals surface area contributed by atoms with Gasteiger partial charge in [-0.2, -0.15) is 0 Å². The van der Waals surface area contributed by atoms with Crippen molar-refractivity contribution in [3.63, 3.8) is 0 Å². The minimum absolute atomic E-state index is 0.117. The van der Waals surface area contributed by atoms with E-state index in [1.54, 1.807) is 30.3 Å². The van der Waals surface area contributed by atoms with Gasteiger partial charge < -0.3 is 20.5 Å². The quantitative estimate of drug-likeness (QED) is 0.774. The fraction of sp³-hybridized carbons (Fsp3) is 0.111. The lowest BCUT2D eigenvalue weighted by Gasteiger charge is -2.13. The van der Waals surface area contributed by atoms with E-state index < -0.39 is 11.8 Å². The average Bonchev–Trinajstić information content (AvgIpc) is 2.60. The third-order valence-electron chi connectivity index (χ3n) is 3.34. The van der Waals surface area contributed by atoms with Crippen molar-refractivity contribution >= 4 is 35.2 Å². The van der Waals surface area contributed by atoms with Crippen molar-refractivity contribution in [2.75, 3.05) is 19.5 Å². The number of hydrogen-bond acceptors (Lipinski definition) is 4. The molecule has 0 fully saturated rings. The number of hydrogen-bond donors (Lipinski definition) is 2. The van der Waals surface area contributed by atoms with E-state index in [1.165, 1.54) is 32.4 Å². The number of halogens is 1. The molecular weight excluding hydrogens is 344 g/mol. The Morgan fingerprint density at radius 1 is 1.08 bits per heavy atom. The molecule has 2 rings (SSSR count). The first kappa shape index (κ1) is 18.4. The van der Waals surface area contributed by atoms with Gasteiger partial charge in [-0.1, -0.05) is 23.7 Å². The van der Waals surface area contributed by atoms with Crippen molar-refractivity contribution in [3.05, 3.63) is 58.6 Å². The number of anilines is 1. The topological polar surface area (TPSA) is 90.6 Å². The van der Waals surface area contributed by atoms with Gasteiger partial charge in [-0.3, -0.25) is 9.59 Å². The van der Waals surface area contributed by atoms with Gasteiger partial charge in [0.1, 0.15) is 0 Å². The van der Waals surface area contributed by atoms with Gasteiger partial charge in [0.05, 0.1) is 25.5 Å². The van der Waals surface area contributed by atoms with Crippen LogP contribution in [0.1, 0.15) is 15.9 Å². The molecule has 0 aliphatic heterocycles. The minimum atomic E-state index is -0.696. The predicted octanol–water partition coefficient (Wildman–Crippen LogP) is 3.11. The van der Waals surface area contributed by atoms with Gasteiger partial charge in [0.2, 0.25) is 5.91 Å². The minimum Gasteiger partial charge on any atom is -0.493 e. The van der Waals surface area contributed by atoms with Crippen molar-refractivity contribution in [3.8, 4) is 11.5 Å². The molecule has 0 saturated heterocycles. The summed E-state index contributed by atoms with van der Waals surface area (Å²) in [7, 11) is 2.89. The van der Waals surface area contributed by atoms with Gasteiger partial charge >= 0.3 is 0 Å². The van der Waals surface area contributed by atoms with E-state index in [4.69, 9.17) is 26.8 Å². The van der Waals surface area contributed by atoms with Crippen molar-refractivity contribution in [2.45, 2.75) is 0 Å². The molecule has 130 valence electrons.